The van der Waals surface area contributed by atoms with Gasteiger partial charge in [-0.2, -0.15) is 0 Å². The molecule has 0 atom stereocenters. The monoisotopic (exact) mass is 598 g/mol. The maximum atomic E-state index is 13.8. The quantitative estimate of drug-likeness (QED) is 0.188. The third-order valence-corrected chi connectivity index (χ3v) is 7.91. The van der Waals surface area contributed by atoms with Crippen molar-refractivity contribution in [3.63, 3.8) is 0 Å². The van der Waals surface area contributed by atoms with Gasteiger partial charge in [-0.25, -0.2) is 18.4 Å². The Hall–Kier alpha value is -5.36. The van der Waals surface area contributed by atoms with Crippen LogP contribution in [0.3, 0.4) is 0 Å². The lowest BCUT2D eigenvalue weighted by atomic mass is 10.1. The van der Waals surface area contributed by atoms with Gasteiger partial charge in [0.2, 0.25) is 5.91 Å². The minimum atomic E-state index is -4.18. The standard InChI is InChI=1S/C31H30N6O5S/c1-20-9-4-7-14-28(20)37(19-29(32)38)22-10-8-11-25(17-22)43(39,40)36-31-30(34-26-12-5-6-13-27(26)35-31)33-21-15-23(41-2)18-24(16-21)42-3/h4-18H,19H2,1-3H3,(H2,32,38)(H,33,34)(H,35,36). The second-order valence-corrected chi connectivity index (χ2v) is 11.3. The summed E-state index contributed by atoms with van der Waals surface area (Å²) in [6.45, 7) is 1.76. The Kier molecular flexibility index (Phi) is 8.30. The molecule has 4 aromatic carbocycles. The minimum Gasteiger partial charge on any atom is -0.497 e. The molecule has 0 unspecified atom stereocenters. The molecule has 0 aliphatic carbocycles. The smallest absolute Gasteiger partial charge is 0.263 e. The summed E-state index contributed by atoms with van der Waals surface area (Å²) in [5.41, 5.74) is 9.25. The average molecular weight is 599 g/mol. The number of rotatable bonds is 11. The van der Waals surface area contributed by atoms with Gasteiger partial charge in [0.15, 0.2) is 11.6 Å². The minimum absolute atomic E-state index is 0.0150. The fourth-order valence-corrected chi connectivity index (χ4v) is 5.57. The van der Waals surface area contributed by atoms with Gasteiger partial charge >= 0.3 is 0 Å². The number of sulfonamides is 1. The van der Waals surface area contributed by atoms with Crippen LogP contribution in [0.4, 0.5) is 28.7 Å². The van der Waals surface area contributed by atoms with Crippen molar-refractivity contribution in [2.75, 3.05) is 35.7 Å². The number of amides is 1. The predicted molar refractivity (Wildman–Crippen MR) is 167 cm³/mol. The highest BCUT2D eigenvalue weighted by atomic mass is 32.2. The molecular formula is C31H30N6O5S. The summed E-state index contributed by atoms with van der Waals surface area (Å²) in [6.07, 6.45) is 0. The van der Waals surface area contributed by atoms with E-state index in [9.17, 15) is 13.2 Å². The number of primary amides is 1. The van der Waals surface area contributed by atoms with Gasteiger partial charge in [0, 0.05) is 35.3 Å². The van der Waals surface area contributed by atoms with Crippen LogP contribution in [0.1, 0.15) is 5.56 Å². The topological polar surface area (TPSA) is 149 Å². The maximum absolute atomic E-state index is 13.8. The van der Waals surface area contributed by atoms with Gasteiger partial charge < -0.3 is 25.4 Å². The molecule has 0 radical (unpaired) electrons. The molecule has 0 aliphatic heterocycles. The van der Waals surface area contributed by atoms with E-state index in [1.165, 1.54) is 26.4 Å². The molecule has 1 heterocycles. The summed E-state index contributed by atoms with van der Waals surface area (Å²) in [5, 5.41) is 3.15. The van der Waals surface area contributed by atoms with E-state index in [2.05, 4.69) is 20.0 Å². The molecule has 0 bridgehead atoms. The molecule has 11 nitrogen and oxygen atoms in total. The van der Waals surface area contributed by atoms with Gasteiger partial charge in [-0.3, -0.25) is 9.52 Å². The van der Waals surface area contributed by atoms with Gasteiger partial charge in [-0.15, -0.1) is 0 Å². The van der Waals surface area contributed by atoms with E-state index >= 15 is 0 Å². The first-order valence-corrected chi connectivity index (χ1v) is 14.7. The lowest BCUT2D eigenvalue weighted by Gasteiger charge is -2.25. The molecule has 0 spiro atoms. The molecule has 43 heavy (non-hydrogen) atoms. The summed E-state index contributed by atoms with van der Waals surface area (Å²) in [6, 6.07) is 26.0. The number of aromatic nitrogens is 2. The van der Waals surface area contributed by atoms with Crippen LogP contribution in [0.5, 0.6) is 11.5 Å². The van der Waals surface area contributed by atoms with Crippen LogP contribution in [0.15, 0.2) is 95.9 Å². The fourth-order valence-electron chi connectivity index (χ4n) is 4.52. The Labute approximate surface area is 249 Å². The number of hydrogen-bond acceptors (Lipinski definition) is 9. The first-order chi connectivity index (χ1) is 20.7. The number of carbonyl (C=O) groups is 1. The average Bonchev–Trinajstić information content (AvgIpc) is 3.00. The lowest BCUT2D eigenvalue weighted by molar-refractivity contribution is -0.116. The number of nitrogens with one attached hydrogen (secondary N) is 2. The molecular weight excluding hydrogens is 568 g/mol. The number of carbonyl (C=O) groups excluding carboxylic acids is 1. The van der Waals surface area contributed by atoms with Gasteiger partial charge in [0.1, 0.15) is 18.0 Å². The lowest BCUT2D eigenvalue weighted by Crippen LogP contribution is -2.30. The zero-order valence-corrected chi connectivity index (χ0v) is 24.6. The third-order valence-electron chi connectivity index (χ3n) is 6.58. The van der Waals surface area contributed by atoms with Gasteiger partial charge in [0.25, 0.3) is 10.0 Å². The fraction of sp³-hybridized carbons (Fsp3) is 0.129. The normalized spacial score (nSPS) is 11.1. The van der Waals surface area contributed by atoms with E-state index in [-0.39, 0.29) is 23.1 Å². The second kappa shape index (κ2) is 12.2. The zero-order chi connectivity index (χ0) is 30.6. The first-order valence-electron chi connectivity index (χ1n) is 13.2. The van der Waals surface area contributed by atoms with Crippen molar-refractivity contribution < 1.29 is 22.7 Å². The summed E-state index contributed by atoms with van der Waals surface area (Å²) in [7, 11) is -1.12. The number of aryl methyl sites for hydroxylation is 1. The third kappa shape index (κ3) is 6.60. The van der Waals surface area contributed by atoms with E-state index in [0.29, 0.717) is 33.9 Å². The second-order valence-electron chi connectivity index (χ2n) is 9.58. The molecule has 1 amide bonds. The number of nitrogens with zero attached hydrogens (tertiary/aromatic N) is 3. The van der Waals surface area contributed by atoms with Crippen LogP contribution < -0.4 is 30.1 Å². The highest BCUT2D eigenvalue weighted by Crippen LogP contribution is 2.33. The zero-order valence-electron chi connectivity index (χ0n) is 23.7. The van der Waals surface area contributed by atoms with Crippen LogP contribution in [-0.2, 0) is 14.8 Å². The van der Waals surface area contributed by atoms with Gasteiger partial charge in [0.05, 0.1) is 30.1 Å². The van der Waals surface area contributed by atoms with Crippen LogP contribution in [0.25, 0.3) is 11.0 Å². The number of anilines is 5. The molecule has 5 rings (SSSR count). The van der Waals surface area contributed by atoms with Crippen molar-refractivity contribution in [2.24, 2.45) is 5.73 Å². The van der Waals surface area contributed by atoms with Crippen LogP contribution in [0.2, 0.25) is 0 Å². The van der Waals surface area contributed by atoms with Crippen molar-refractivity contribution >= 4 is 55.7 Å². The Balaban J connectivity index is 1.55. The van der Waals surface area contributed by atoms with Crippen molar-refractivity contribution in [2.45, 2.75) is 11.8 Å². The molecule has 0 aliphatic rings. The summed E-state index contributed by atoms with van der Waals surface area (Å²) in [5.74, 6) is 0.654. The molecule has 5 aromatic rings. The Morgan fingerprint density at radius 2 is 1.47 bits per heavy atom. The molecule has 220 valence electrons. The van der Waals surface area contributed by atoms with Crippen molar-refractivity contribution in [3.8, 4) is 11.5 Å². The number of hydrogen-bond donors (Lipinski definition) is 3. The summed E-state index contributed by atoms with van der Waals surface area (Å²) < 4.78 is 40.9. The largest absolute Gasteiger partial charge is 0.497 e. The SMILES string of the molecule is COc1cc(Nc2nc3ccccc3nc2NS(=O)(=O)c2cccc(N(CC(N)=O)c3ccccc3C)c2)cc(OC)c1. The van der Waals surface area contributed by atoms with E-state index in [0.717, 1.165) is 11.3 Å². The molecule has 1 aromatic heterocycles. The van der Waals surface area contributed by atoms with E-state index < -0.39 is 15.9 Å². The summed E-state index contributed by atoms with van der Waals surface area (Å²) in [4.78, 5) is 22.8. The number of benzene rings is 4. The van der Waals surface area contributed by atoms with E-state index in [1.54, 1.807) is 53.4 Å². The number of methoxy groups -OCH3 is 2. The van der Waals surface area contributed by atoms with Gasteiger partial charge in [-0.1, -0.05) is 36.4 Å². The highest BCUT2D eigenvalue weighted by Gasteiger charge is 2.22. The number of fused-ring (bicyclic) bond motifs is 1. The van der Waals surface area contributed by atoms with Crippen molar-refractivity contribution in [3.05, 3.63) is 96.6 Å². The maximum Gasteiger partial charge on any atom is 0.263 e. The van der Waals surface area contributed by atoms with Gasteiger partial charge in [-0.05, 0) is 48.9 Å². The number of ether oxygens (including phenoxy) is 2. The molecule has 0 saturated carbocycles. The van der Waals surface area contributed by atoms with E-state index in [4.69, 9.17) is 15.2 Å². The van der Waals surface area contributed by atoms with Crippen LogP contribution in [-0.4, -0.2) is 45.1 Å². The Bertz CT molecular complexity index is 1890. The highest BCUT2D eigenvalue weighted by molar-refractivity contribution is 7.92. The van der Waals surface area contributed by atoms with Crippen molar-refractivity contribution in [1.29, 1.82) is 0 Å². The van der Waals surface area contributed by atoms with Crippen molar-refractivity contribution in [1.82, 2.24) is 9.97 Å². The molecule has 0 saturated heterocycles. The van der Waals surface area contributed by atoms with E-state index in [1.807, 2.05) is 37.3 Å². The van der Waals surface area contributed by atoms with Crippen LogP contribution in [0, 0.1) is 6.92 Å². The van der Waals surface area contributed by atoms with Crippen LogP contribution >= 0.6 is 0 Å². The predicted octanol–water partition coefficient (Wildman–Crippen LogP) is 5.12. The molecule has 4 N–H and O–H groups in total. The summed E-state index contributed by atoms with van der Waals surface area (Å²) >= 11 is 0. The first kappa shape index (κ1) is 29.1. The number of para-hydroxylation sites is 3. The molecule has 12 heteroatoms. The Morgan fingerprint density at radius 1 is 0.837 bits per heavy atom. The Morgan fingerprint density at radius 3 is 2.09 bits per heavy atom. The molecule has 0 fully saturated rings. The number of nitrogens with two attached hydrogens (primary N) is 1.